The zero-order chi connectivity index (χ0) is 21.5. The minimum atomic E-state index is -0.0407. The SMILES string of the molecule is COc1cc(OC)c(/C=N/NC(=O)C2CCN(Cc3ccc(Br)cc3)CC2)cc1Br. The fraction of sp³-hybridized carbons (Fsp3) is 0.364. The van der Waals surface area contributed by atoms with Crippen LogP contribution in [0.1, 0.15) is 24.0 Å². The van der Waals surface area contributed by atoms with Gasteiger partial charge in [-0.3, -0.25) is 9.69 Å². The van der Waals surface area contributed by atoms with Gasteiger partial charge in [0, 0.05) is 28.6 Å². The van der Waals surface area contributed by atoms with Crippen molar-refractivity contribution < 1.29 is 14.3 Å². The number of hydrazone groups is 1. The van der Waals surface area contributed by atoms with Gasteiger partial charge in [-0.1, -0.05) is 28.1 Å². The van der Waals surface area contributed by atoms with Gasteiger partial charge in [0.05, 0.1) is 24.9 Å². The van der Waals surface area contributed by atoms with Crippen LogP contribution in [0.3, 0.4) is 0 Å². The van der Waals surface area contributed by atoms with Crippen molar-refractivity contribution in [3.8, 4) is 11.5 Å². The highest BCUT2D eigenvalue weighted by molar-refractivity contribution is 9.10. The molecule has 2 aromatic rings. The molecule has 0 atom stereocenters. The molecule has 1 fully saturated rings. The van der Waals surface area contributed by atoms with E-state index >= 15 is 0 Å². The predicted octanol–water partition coefficient (Wildman–Crippen LogP) is 4.59. The number of nitrogens with one attached hydrogen (secondary N) is 1. The summed E-state index contributed by atoms with van der Waals surface area (Å²) in [6, 6.07) is 12.0. The molecule has 0 spiro atoms. The number of hydrogen-bond acceptors (Lipinski definition) is 5. The first-order chi connectivity index (χ1) is 14.5. The van der Waals surface area contributed by atoms with Crippen molar-refractivity contribution in [2.45, 2.75) is 19.4 Å². The first-order valence-corrected chi connectivity index (χ1v) is 11.3. The van der Waals surface area contributed by atoms with Crippen molar-refractivity contribution in [1.29, 1.82) is 0 Å². The third-order valence-corrected chi connectivity index (χ3v) is 6.31. The Kier molecular flexibility index (Phi) is 8.30. The van der Waals surface area contributed by atoms with Gasteiger partial charge in [-0.25, -0.2) is 5.43 Å². The average Bonchev–Trinajstić information content (AvgIpc) is 2.76. The Balaban J connectivity index is 1.50. The van der Waals surface area contributed by atoms with Gasteiger partial charge < -0.3 is 9.47 Å². The van der Waals surface area contributed by atoms with Gasteiger partial charge in [-0.2, -0.15) is 5.10 Å². The number of rotatable bonds is 7. The summed E-state index contributed by atoms with van der Waals surface area (Å²) in [6.45, 7) is 2.71. The van der Waals surface area contributed by atoms with Gasteiger partial charge in [0.15, 0.2) is 0 Å². The minimum absolute atomic E-state index is 0.0205. The fourth-order valence-electron chi connectivity index (χ4n) is 3.44. The van der Waals surface area contributed by atoms with E-state index in [0.29, 0.717) is 11.5 Å². The highest BCUT2D eigenvalue weighted by Gasteiger charge is 2.24. The summed E-state index contributed by atoms with van der Waals surface area (Å²) in [6.07, 6.45) is 3.24. The first kappa shape index (κ1) is 22.8. The van der Waals surface area contributed by atoms with Crippen molar-refractivity contribution >= 4 is 44.0 Å². The molecule has 2 aromatic carbocycles. The molecule has 3 rings (SSSR count). The molecule has 6 nitrogen and oxygen atoms in total. The Morgan fingerprint density at radius 3 is 2.43 bits per heavy atom. The molecule has 1 amide bonds. The third kappa shape index (κ3) is 6.06. The van der Waals surface area contributed by atoms with Crippen LogP contribution in [0, 0.1) is 5.92 Å². The second kappa shape index (κ2) is 10.9. The Morgan fingerprint density at radius 1 is 1.13 bits per heavy atom. The number of hydrogen-bond donors (Lipinski definition) is 1. The summed E-state index contributed by atoms with van der Waals surface area (Å²) in [5.41, 5.74) is 4.70. The molecule has 1 aliphatic heterocycles. The molecule has 1 saturated heterocycles. The van der Waals surface area contributed by atoms with Crippen LogP contribution in [-0.2, 0) is 11.3 Å². The largest absolute Gasteiger partial charge is 0.496 e. The van der Waals surface area contributed by atoms with Crippen LogP contribution in [0.2, 0.25) is 0 Å². The number of piperidine rings is 1. The maximum Gasteiger partial charge on any atom is 0.243 e. The monoisotopic (exact) mass is 537 g/mol. The number of carbonyl (C=O) groups is 1. The van der Waals surface area contributed by atoms with Crippen LogP contribution >= 0.6 is 31.9 Å². The first-order valence-electron chi connectivity index (χ1n) is 9.71. The summed E-state index contributed by atoms with van der Waals surface area (Å²) >= 11 is 6.91. The maximum atomic E-state index is 12.5. The number of likely N-dealkylation sites (tertiary alicyclic amines) is 1. The molecule has 0 aromatic heterocycles. The lowest BCUT2D eigenvalue weighted by molar-refractivity contribution is -0.126. The topological polar surface area (TPSA) is 63.2 Å². The number of carbonyl (C=O) groups excluding carboxylic acids is 1. The van der Waals surface area contributed by atoms with Crippen LogP contribution in [0.15, 0.2) is 50.4 Å². The number of methoxy groups -OCH3 is 2. The van der Waals surface area contributed by atoms with E-state index in [1.54, 1.807) is 26.5 Å². The zero-order valence-corrected chi connectivity index (χ0v) is 20.2. The third-order valence-electron chi connectivity index (χ3n) is 5.16. The second-order valence-corrected chi connectivity index (χ2v) is 8.91. The molecule has 0 bridgehead atoms. The van der Waals surface area contributed by atoms with Crippen LogP contribution in [-0.4, -0.2) is 44.3 Å². The molecule has 1 N–H and O–H groups in total. The lowest BCUT2D eigenvalue weighted by atomic mass is 9.96. The lowest BCUT2D eigenvalue weighted by Crippen LogP contribution is -2.39. The molecular weight excluding hydrogens is 514 g/mol. The zero-order valence-electron chi connectivity index (χ0n) is 17.0. The van der Waals surface area contributed by atoms with Crippen LogP contribution in [0.5, 0.6) is 11.5 Å². The van der Waals surface area contributed by atoms with Crippen LogP contribution in [0.4, 0.5) is 0 Å². The van der Waals surface area contributed by atoms with Crippen molar-refractivity contribution in [3.63, 3.8) is 0 Å². The quantitative estimate of drug-likeness (QED) is 0.413. The molecule has 0 aliphatic carbocycles. The Bertz CT molecular complexity index is 895. The van der Waals surface area contributed by atoms with Crippen molar-refractivity contribution in [3.05, 3.63) is 56.5 Å². The van der Waals surface area contributed by atoms with Gasteiger partial charge in [-0.05, 0) is 65.6 Å². The second-order valence-electron chi connectivity index (χ2n) is 7.14. The Hall–Kier alpha value is -1.90. The molecule has 0 saturated carbocycles. The van der Waals surface area contributed by atoms with E-state index in [9.17, 15) is 4.79 Å². The number of nitrogens with zero attached hydrogens (tertiary/aromatic N) is 2. The van der Waals surface area contributed by atoms with Crippen LogP contribution < -0.4 is 14.9 Å². The molecule has 8 heteroatoms. The average molecular weight is 539 g/mol. The highest BCUT2D eigenvalue weighted by Crippen LogP contribution is 2.32. The Labute approximate surface area is 193 Å². The molecular formula is C22H25Br2N3O3. The summed E-state index contributed by atoms with van der Waals surface area (Å²) in [7, 11) is 3.18. The van der Waals surface area contributed by atoms with E-state index < -0.39 is 0 Å². The summed E-state index contributed by atoms with van der Waals surface area (Å²) in [4.78, 5) is 14.9. The van der Waals surface area contributed by atoms with E-state index in [4.69, 9.17) is 9.47 Å². The Morgan fingerprint density at radius 2 is 1.80 bits per heavy atom. The number of ether oxygens (including phenoxy) is 2. The molecule has 0 unspecified atom stereocenters. The molecule has 1 heterocycles. The minimum Gasteiger partial charge on any atom is -0.496 e. The van der Waals surface area contributed by atoms with Gasteiger partial charge in [-0.15, -0.1) is 0 Å². The van der Waals surface area contributed by atoms with E-state index in [0.717, 1.165) is 47.0 Å². The highest BCUT2D eigenvalue weighted by atomic mass is 79.9. The van der Waals surface area contributed by atoms with Crippen molar-refractivity contribution in [1.82, 2.24) is 10.3 Å². The maximum absolute atomic E-state index is 12.5. The van der Waals surface area contributed by atoms with Gasteiger partial charge >= 0.3 is 0 Å². The molecule has 1 aliphatic rings. The molecule has 0 radical (unpaired) electrons. The van der Waals surface area contributed by atoms with E-state index in [1.807, 2.05) is 6.07 Å². The number of amides is 1. The summed E-state index contributed by atoms with van der Waals surface area (Å²) in [5.74, 6) is 1.23. The van der Waals surface area contributed by atoms with E-state index in [1.165, 1.54) is 5.56 Å². The van der Waals surface area contributed by atoms with Crippen molar-refractivity contribution in [2.24, 2.45) is 11.0 Å². The number of benzene rings is 2. The lowest BCUT2D eigenvalue weighted by Gasteiger charge is -2.30. The smallest absolute Gasteiger partial charge is 0.243 e. The normalized spacial score (nSPS) is 15.3. The summed E-state index contributed by atoms with van der Waals surface area (Å²) < 4.78 is 12.5. The van der Waals surface area contributed by atoms with Gasteiger partial charge in [0.2, 0.25) is 5.91 Å². The van der Waals surface area contributed by atoms with Gasteiger partial charge in [0.25, 0.3) is 0 Å². The molecule has 30 heavy (non-hydrogen) atoms. The van der Waals surface area contributed by atoms with E-state index in [-0.39, 0.29) is 11.8 Å². The molecule has 160 valence electrons. The standard InChI is InChI=1S/C22H25Br2N3O3/c1-29-20-12-21(30-2)19(24)11-17(20)13-25-26-22(28)16-7-9-27(10-8-16)14-15-3-5-18(23)6-4-15/h3-6,11-13,16H,7-10,14H2,1-2H3,(H,26,28)/b25-13+. The van der Waals surface area contributed by atoms with E-state index in [2.05, 4.69) is 71.6 Å². The van der Waals surface area contributed by atoms with Gasteiger partial charge in [0.1, 0.15) is 11.5 Å². The predicted molar refractivity (Wildman–Crippen MR) is 125 cm³/mol. The fourth-order valence-corrected chi connectivity index (χ4v) is 4.23. The van der Waals surface area contributed by atoms with Crippen molar-refractivity contribution in [2.75, 3.05) is 27.3 Å². The number of halogens is 2. The van der Waals surface area contributed by atoms with Crippen LogP contribution in [0.25, 0.3) is 0 Å². The summed E-state index contributed by atoms with van der Waals surface area (Å²) in [5, 5.41) is 4.13.